The predicted octanol–water partition coefficient (Wildman–Crippen LogP) is 0.703. The number of hydrogen-bond acceptors (Lipinski definition) is 4. The topological polar surface area (TPSA) is 32.5 Å². The molecule has 0 amide bonds. The van der Waals surface area contributed by atoms with Crippen LogP contribution in [0, 0.1) is 5.92 Å². The highest BCUT2D eigenvalue weighted by molar-refractivity contribution is 7.99. The average molecular weight is 243 g/mol. The molecule has 0 saturated carbocycles. The van der Waals surface area contributed by atoms with E-state index in [-0.39, 0.29) is 0 Å². The average Bonchev–Trinajstić information content (AvgIpc) is 2.88. The van der Waals surface area contributed by atoms with Gasteiger partial charge in [-0.2, -0.15) is 11.8 Å². The summed E-state index contributed by atoms with van der Waals surface area (Å²) in [6.07, 6.45) is 2.68. The minimum absolute atomic E-state index is 0.639. The summed E-state index contributed by atoms with van der Waals surface area (Å²) in [5, 5.41) is 0. The highest BCUT2D eigenvalue weighted by Crippen LogP contribution is 2.30. The first-order chi connectivity index (χ1) is 7.72. The van der Waals surface area contributed by atoms with E-state index in [9.17, 15) is 0 Å². The van der Waals surface area contributed by atoms with Gasteiger partial charge < -0.3 is 10.6 Å². The van der Waals surface area contributed by atoms with Crippen molar-refractivity contribution in [1.29, 1.82) is 0 Å². The zero-order valence-corrected chi connectivity index (χ0v) is 11.4. The van der Waals surface area contributed by atoms with Gasteiger partial charge in [0.1, 0.15) is 0 Å². The summed E-state index contributed by atoms with van der Waals surface area (Å²) in [6, 6.07) is 1.38. The van der Waals surface area contributed by atoms with Gasteiger partial charge in [0.05, 0.1) is 0 Å². The Balaban J connectivity index is 1.90. The van der Waals surface area contributed by atoms with E-state index in [1.54, 1.807) is 0 Å². The minimum Gasteiger partial charge on any atom is -0.329 e. The highest BCUT2D eigenvalue weighted by Gasteiger charge is 2.34. The molecule has 0 aliphatic carbocycles. The molecule has 0 aromatic rings. The Morgan fingerprint density at radius 2 is 2.25 bits per heavy atom. The van der Waals surface area contributed by atoms with Crippen LogP contribution in [0.5, 0.6) is 0 Å². The molecule has 0 aromatic heterocycles. The van der Waals surface area contributed by atoms with Gasteiger partial charge in [-0.25, -0.2) is 0 Å². The first-order valence-corrected chi connectivity index (χ1v) is 7.56. The van der Waals surface area contributed by atoms with E-state index >= 15 is 0 Å². The largest absolute Gasteiger partial charge is 0.329 e. The summed E-state index contributed by atoms with van der Waals surface area (Å²) in [5.74, 6) is 3.51. The Morgan fingerprint density at radius 1 is 1.44 bits per heavy atom. The van der Waals surface area contributed by atoms with E-state index in [0.29, 0.717) is 6.04 Å². The third kappa shape index (κ3) is 2.73. The van der Waals surface area contributed by atoms with Crippen LogP contribution in [-0.4, -0.2) is 67.1 Å². The van der Waals surface area contributed by atoms with Crippen LogP contribution < -0.4 is 5.73 Å². The first-order valence-electron chi connectivity index (χ1n) is 6.40. The van der Waals surface area contributed by atoms with E-state index in [0.717, 1.165) is 18.5 Å². The number of likely N-dealkylation sites (tertiary alicyclic amines) is 1. The summed E-state index contributed by atoms with van der Waals surface area (Å²) in [6.45, 7) is 3.30. The molecule has 4 heteroatoms. The standard InChI is InChI=1S/C12H25N3S/c1-14(2)11-3-5-15(8-11)12(7-13)10-4-6-16-9-10/h10-12H,3-9,13H2,1-2H3. The van der Waals surface area contributed by atoms with Crippen LogP contribution in [0.15, 0.2) is 0 Å². The third-order valence-electron chi connectivity index (χ3n) is 4.14. The molecule has 2 N–H and O–H groups in total. The fraction of sp³-hybridized carbons (Fsp3) is 1.00. The van der Waals surface area contributed by atoms with Gasteiger partial charge in [-0.15, -0.1) is 0 Å². The quantitative estimate of drug-likeness (QED) is 0.788. The van der Waals surface area contributed by atoms with Crippen molar-refractivity contribution < 1.29 is 0 Å². The van der Waals surface area contributed by atoms with Gasteiger partial charge in [-0.05, 0) is 44.4 Å². The van der Waals surface area contributed by atoms with Crippen molar-refractivity contribution in [3.05, 3.63) is 0 Å². The van der Waals surface area contributed by atoms with Gasteiger partial charge in [-0.1, -0.05) is 0 Å². The molecule has 3 unspecified atom stereocenters. The Morgan fingerprint density at radius 3 is 2.75 bits per heavy atom. The SMILES string of the molecule is CN(C)C1CCN(C(CN)C2CCSC2)C1. The molecule has 16 heavy (non-hydrogen) atoms. The summed E-state index contributed by atoms with van der Waals surface area (Å²) in [7, 11) is 4.38. The molecule has 2 aliphatic heterocycles. The van der Waals surface area contributed by atoms with E-state index in [2.05, 4.69) is 35.7 Å². The molecular weight excluding hydrogens is 218 g/mol. The first kappa shape index (κ1) is 12.7. The fourth-order valence-corrected chi connectivity index (χ4v) is 4.31. The van der Waals surface area contributed by atoms with Crippen LogP contribution in [0.25, 0.3) is 0 Å². The van der Waals surface area contributed by atoms with Crippen molar-refractivity contribution >= 4 is 11.8 Å². The van der Waals surface area contributed by atoms with Gasteiger partial charge in [0.25, 0.3) is 0 Å². The molecule has 2 fully saturated rings. The molecule has 2 rings (SSSR count). The Bertz CT molecular complexity index is 216. The van der Waals surface area contributed by atoms with Crippen molar-refractivity contribution in [3.63, 3.8) is 0 Å². The summed E-state index contributed by atoms with van der Waals surface area (Å²) in [4.78, 5) is 5.00. The maximum Gasteiger partial charge on any atom is 0.0255 e. The number of nitrogens with zero attached hydrogens (tertiary/aromatic N) is 2. The van der Waals surface area contributed by atoms with Crippen LogP contribution >= 0.6 is 11.8 Å². The summed E-state index contributed by atoms with van der Waals surface area (Å²) in [5.41, 5.74) is 5.99. The molecule has 3 atom stereocenters. The van der Waals surface area contributed by atoms with E-state index in [1.165, 1.54) is 37.4 Å². The lowest BCUT2D eigenvalue weighted by Crippen LogP contribution is -2.45. The molecule has 2 heterocycles. The van der Waals surface area contributed by atoms with Crippen molar-refractivity contribution in [2.75, 3.05) is 45.2 Å². The number of rotatable bonds is 4. The second kappa shape index (κ2) is 5.71. The molecule has 94 valence electrons. The third-order valence-corrected chi connectivity index (χ3v) is 5.33. The summed E-state index contributed by atoms with van der Waals surface area (Å²) < 4.78 is 0. The molecule has 2 aliphatic rings. The molecular formula is C12H25N3S. The van der Waals surface area contributed by atoms with Crippen molar-refractivity contribution in [3.8, 4) is 0 Å². The lowest BCUT2D eigenvalue weighted by Gasteiger charge is -2.32. The van der Waals surface area contributed by atoms with Crippen LogP contribution in [-0.2, 0) is 0 Å². The monoisotopic (exact) mass is 243 g/mol. The van der Waals surface area contributed by atoms with Gasteiger partial charge in [0.15, 0.2) is 0 Å². The Labute approximate surface area is 104 Å². The van der Waals surface area contributed by atoms with Gasteiger partial charge in [0, 0.05) is 31.7 Å². The molecule has 0 radical (unpaired) electrons. The lowest BCUT2D eigenvalue weighted by atomic mass is 9.98. The molecule has 2 saturated heterocycles. The van der Waals surface area contributed by atoms with Crippen molar-refractivity contribution in [1.82, 2.24) is 9.80 Å². The minimum atomic E-state index is 0.639. The number of thioether (sulfide) groups is 1. The molecule has 0 bridgehead atoms. The van der Waals surface area contributed by atoms with Gasteiger partial charge >= 0.3 is 0 Å². The fourth-order valence-electron chi connectivity index (χ4n) is 2.99. The predicted molar refractivity (Wildman–Crippen MR) is 71.9 cm³/mol. The maximum absolute atomic E-state index is 5.99. The molecule has 3 nitrogen and oxygen atoms in total. The van der Waals surface area contributed by atoms with Crippen LogP contribution in [0.1, 0.15) is 12.8 Å². The molecule has 0 spiro atoms. The lowest BCUT2D eigenvalue weighted by molar-refractivity contribution is 0.175. The zero-order chi connectivity index (χ0) is 11.5. The van der Waals surface area contributed by atoms with Crippen molar-refractivity contribution in [2.24, 2.45) is 11.7 Å². The number of likely N-dealkylation sites (N-methyl/N-ethyl adjacent to an activating group) is 1. The highest BCUT2D eigenvalue weighted by atomic mass is 32.2. The van der Waals surface area contributed by atoms with Crippen LogP contribution in [0.2, 0.25) is 0 Å². The van der Waals surface area contributed by atoms with Gasteiger partial charge in [0.2, 0.25) is 0 Å². The van der Waals surface area contributed by atoms with E-state index < -0.39 is 0 Å². The zero-order valence-electron chi connectivity index (χ0n) is 10.6. The smallest absolute Gasteiger partial charge is 0.0255 e. The van der Waals surface area contributed by atoms with Crippen LogP contribution in [0.3, 0.4) is 0 Å². The van der Waals surface area contributed by atoms with Gasteiger partial charge in [-0.3, -0.25) is 4.90 Å². The number of nitrogens with two attached hydrogens (primary N) is 1. The molecule has 0 aromatic carbocycles. The maximum atomic E-state index is 5.99. The second-order valence-electron chi connectivity index (χ2n) is 5.33. The number of hydrogen-bond donors (Lipinski definition) is 1. The Kier molecular flexibility index (Phi) is 4.53. The summed E-state index contributed by atoms with van der Waals surface area (Å²) >= 11 is 2.10. The normalized spacial score (nSPS) is 33.8. The van der Waals surface area contributed by atoms with E-state index in [4.69, 9.17) is 5.73 Å². The van der Waals surface area contributed by atoms with Crippen LogP contribution in [0.4, 0.5) is 0 Å². The second-order valence-corrected chi connectivity index (χ2v) is 6.48. The van der Waals surface area contributed by atoms with E-state index in [1.807, 2.05) is 0 Å². The van der Waals surface area contributed by atoms with Crippen molar-refractivity contribution in [2.45, 2.75) is 24.9 Å². The Hall–Kier alpha value is 0.230.